The van der Waals surface area contributed by atoms with Crippen LogP contribution in [0.5, 0.6) is 0 Å². The van der Waals surface area contributed by atoms with E-state index in [4.69, 9.17) is 5.11 Å². The van der Waals surface area contributed by atoms with Crippen molar-refractivity contribution in [1.82, 2.24) is 20.2 Å². The Morgan fingerprint density at radius 2 is 1.86 bits per heavy atom. The van der Waals surface area contributed by atoms with Gasteiger partial charge in [-0.25, -0.2) is 4.68 Å². The molecule has 1 aromatic heterocycles. The van der Waals surface area contributed by atoms with Gasteiger partial charge in [0, 0.05) is 5.41 Å². The third-order valence-electron chi connectivity index (χ3n) is 5.91. The summed E-state index contributed by atoms with van der Waals surface area (Å²) in [5, 5.41) is 21.4. The Kier molecular flexibility index (Phi) is 2.84. The Hall–Kier alpha value is -1.46. The third-order valence-corrected chi connectivity index (χ3v) is 5.91. The van der Waals surface area contributed by atoms with Crippen molar-refractivity contribution in [2.45, 2.75) is 57.4 Å². The Labute approximate surface area is 123 Å². The third kappa shape index (κ3) is 2.07. The molecule has 0 saturated heterocycles. The van der Waals surface area contributed by atoms with Gasteiger partial charge in [0.1, 0.15) is 0 Å². The van der Waals surface area contributed by atoms with Crippen LogP contribution >= 0.6 is 0 Å². The number of hydrogen-bond donors (Lipinski definition) is 1. The average molecular weight is 290 g/mol. The number of aromatic nitrogens is 4. The number of nitrogens with zero attached hydrogens (tertiary/aromatic N) is 4. The molecule has 0 aliphatic heterocycles. The van der Waals surface area contributed by atoms with Crippen molar-refractivity contribution in [1.29, 1.82) is 0 Å². The number of hydrogen-bond acceptors (Lipinski definition) is 4. The zero-order chi connectivity index (χ0) is 14.6. The van der Waals surface area contributed by atoms with E-state index < -0.39 is 11.9 Å². The second kappa shape index (κ2) is 4.52. The van der Waals surface area contributed by atoms with Crippen LogP contribution < -0.4 is 0 Å². The first kappa shape index (κ1) is 13.2. The van der Waals surface area contributed by atoms with Crippen molar-refractivity contribution in [3.05, 3.63) is 5.82 Å². The minimum atomic E-state index is -0.790. The molecular weight excluding hydrogens is 268 g/mol. The zero-order valence-corrected chi connectivity index (χ0v) is 12.4. The largest absolute Gasteiger partial charge is 0.481 e. The van der Waals surface area contributed by atoms with Gasteiger partial charge in [0.25, 0.3) is 0 Å². The number of carbonyl (C=O) groups is 1. The molecule has 4 aliphatic rings. The van der Waals surface area contributed by atoms with E-state index in [1.54, 1.807) is 11.6 Å². The predicted molar refractivity (Wildman–Crippen MR) is 74.5 cm³/mol. The average Bonchev–Trinajstić information content (AvgIpc) is 2.85. The van der Waals surface area contributed by atoms with Gasteiger partial charge in [-0.05, 0) is 66.7 Å². The molecule has 4 bridgehead atoms. The molecule has 1 atom stereocenters. The Balaban J connectivity index is 1.65. The highest BCUT2D eigenvalue weighted by Gasteiger charge is 2.54. The molecule has 4 saturated carbocycles. The summed E-state index contributed by atoms with van der Waals surface area (Å²) in [5.41, 5.74) is 0.122. The summed E-state index contributed by atoms with van der Waals surface area (Å²) < 4.78 is 1.77. The Bertz CT molecular complexity index is 532. The van der Waals surface area contributed by atoms with Crippen molar-refractivity contribution in [3.63, 3.8) is 0 Å². The van der Waals surface area contributed by atoms with Gasteiger partial charge in [0.2, 0.25) is 0 Å². The number of tetrazole rings is 1. The maximum Gasteiger partial charge on any atom is 0.308 e. The molecule has 6 nitrogen and oxygen atoms in total. The number of rotatable bonds is 4. The quantitative estimate of drug-likeness (QED) is 0.915. The van der Waals surface area contributed by atoms with Gasteiger partial charge in [0.15, 0.2) is 5.82 Å². The highest BCUT2D eigenvalue weighted by molar-refractivity contribution is 5.69. The summed E-state index contributed by atoms with van der Waals surface area (Å²) in [7, 11) is 0. The van der Waals surface area contributed by atoms with Crippen molar-refractivity contribution in [2.24, 2.45) is 23.7 Å². The molecule has 1 aromatic rings. The molecule has 1 unspecified atom stereocenters. The first-order chi connectivity index (χ1) is 10.1. The fourth-order valence-electron chi connectivity index (χ4n) is 5.43. The minimum Gasteiger partial charge on any atom is -0.481 e. The lowest BCUT2D eigenvalue weighted by Crippen LogP contribution is -2.50. The summed E-state index contributed by atoms with van der Waals surface area (Å²) in [6.45, 7) is 2.09. The number of carboxylic acid groups (broad SMARTS) is 1. The molecule has 0 radical (unpaired) electrons. The van der Waals surface area contributed by atoms with Gasteiger partial charge in [-0.2, -0.15) is 0 Å². The predicted octanol–water partition coefficient (Wildman–Crippen LogP) is 1.86. The topological polar surface area (TPSA) is 80.9 Å². The lowest BCUT2D eigenvalue weighted by molar-refractivity contribution is -0.141. The second-order valence-corrected chi connectivity index (χ2v) is 7.62. The summed E-state index contributed by atoms with van der Waals surface area (Å²) in [5.74, 6) is 2.20. The molecular formula is C15H22N4O2. The lowest BCUT2D eigenvalue weighted by Gasteiger charge is -2.55. The maximum absolute atomic E-state index is 11.1. The van der Waals surface area contributed by atoms with E-state index in [0.29, 0.717) is 6.54 Å². The van der Waals surface area contributed by atoms with Crippen LogP contribution in [0.3, 0.4) is 0 Å². The molecule has 0 aromatic carbocycles. The Morgan fingerprint density at radius 3 is 2.38 bits per heavy atom. The highest BCUT2D eigenvalue weighted by atomic mass is 16.4. The molecule has 1 N–H and O–H groups in total. The van der Waals surface area contributed by atoms with E-state index in [1.165, 1.54) is 38.5 Å². The molecule has 5 rings (SSSR count). The summed E-state index contributed by atoms with van der Waals surface area (Å²) in [6.07, 6.45) is 7.73. The van der Waals surface area contributed by atoms with Gasteiger partial charge in [-0.1, -0.05) is 6.92 Å². The van der Waals surface area contributed by atoms with Crippen LogP contribution in [0.4, 0.5) is 0 Å². The molecule has 114 valence electrons. The van der Waals surface area contributed by atoms with E-state index in [9.17, 15) is 4.79 Å². The van der Waals surface area contributed by atoms with Crippen molar-refractivity contribution < 1.29 is 9.90 Å². The van der Waals surface area contributed by atoms with Crippen molar-refractivity contribution in [2.75, 3.05) is 0 Å². The van der Waals surface area contributed by atoms with E-state index in [1.807, 2.05) is 0 Å². The first-order valence-corrected chi connectivity index (χ1v) is 8.05. The minimum absolute atomic E-state index is 0.122. The molecule has 4 fully saturated rings. The van der Waals surface area contributed by atoms with Crippen LogP contribution in [-0.4, -0.2) is 31.3 Å². The summed E-state index contributed by atoms with van der Waals surface area (Å²) in [6, 6.07) is 0. The number of carboxylic acids is 1. The fourth-order valence-corrected chi connectivity index (χ4v) is 5.43. The van der Waals surface area contributed by atoms with Crippen LogP contribution in [0.25, 0.3) is 0 Å². The van der Waals surface area contributed by atoms with Gasteiger partial charge in [-0.3, -0.25) is 4.79 Å². The van der Waals surface area contributed by atoms with E-state index >= 15 is 0 Å². The van der Waals surface area contributed by atoms with E-state index in [2.05, 4.69) is 15.5 Å². The van der Waals surface area contributed by atoms with Crippen LogP contribution in [0.1, 0.15) is 51.3 Å². The SMILES string of the molecule is CC(Cn1nnnc1C12CC3CC(CC(C3)C1)C2)C(=O)O. The lowest BCUT2D eigenvalue weighted by atomic mass is 9.49. The maximum atomic E-state index is 11.1. The van der Waals surface area contributed by atoms with Crippen LogP contribution in [0.2, 0.25) is 0 Å². The molecule has 6 heteroatoms. The molecule has 0 amide bonds. The first-order valence-electron chi connectivity index (χ1n) is 8.05. The van der Waals surface area contributed by atoms with Gasteiger partial charge in [0.05, 0.1) is 12.5 Å². The fraction of sp³-hybridized carbons (Fsp3) is 0.867. The van der Waals surface area contributed by atoms with E-state index in [0.717, 1.165) is 23.6 Å². The summed E-state index contributed by atoms with van der Waals surface area (Å²) in [4.78, 5) is 11.1. The monoisotopic (exact) mass is 290 g/mol. The Morgan fingerprint density at radius 1 is 1.29 bits per heavy atom. The summed E-state index contributed by atoms with van der Waals surface area (Å²) >= 11 is 0. The van der Waals surface area contributed by atoms with Crippen LogP contribution in [-0.2, 0) is 16.8 Å². The van der Waals surface area contributed by atoms with Crippen LogP contribution in [0, 0.1) is 23.7 Å². The van der Waals surface area contributed by atoms with Gasteiger partial charge < -0.3 is 5.11 Å². The molecule has 1 heterocycles. The number of aliphatic carboxylic acids is 1. The van der Waals surface area contributed by atoms with E-state index in [-0.39, 0.29) is 5.41 Å². The van der Waals surface area contributed by atoms with Gasteiger partial charge >= 0.3 is 5.97 Å². The molecule has 21 heavy (non-hydrogen) atoms. The highest BCUT2D eigenvalue weighted by Crippen LogP contribution is 2.60. The zero-order valence-electron chi connectivity index (χ0n) is 12.4. The molecule has 0 spiro atoms. The normalized spacial score (nSPS) is 38.6. The smallest absolute Gasteiger partial charge is 0.308 e. The van der Waals surface area contributed by atoms with Crippen molar-refractivity contribution in [3.8, 4) is 0 Å². The molecule has 4 aliphatic carbocycles. The standard InChI is InChI=1S/C15H22N4O2/c1-9(13(20)21)8-19-14(16-17-18-19)15-5-10-2-11(6-15)4-12(3-10)7-15/h9-12H,2-8H2,1H3,(H,20,21). The second-order valence-electron chi connectivity index (χ2n) is 7.62. The van der Waals surface area contributed by atoms with Gasteiger partial charge in [-0.15, -0.1) is 5.10 Å². The van der Waals surface area contributed by atoms with Crippen molar-refractivity contribution >= 4 is 5.97 Å². The van der Waals surface area contributed by atoms with Crippen LogP contribution in [0.15, 0.2) is 0 Å².